The van der Waals surface area contributed by atoms with Crippen molar-refractivity contribution in [1.82, 2.24) is 9.97 Å². The summed E-state index contributed by atoms with van der Waals surface area (Å²) >= 11 is 0. The van der Waals surface area contributed by atoms with Crippen molar-refractivity contribution in [2.24, 2.45) is 0 Å². The molecule has 0 spiro atoms. The number of halogens is 1. The Morgan fingerprint density at radius 1 is 1.36 bits per heavy atom. The van der Waals surface area contributed by atoms with Crippen LogP contribution in [0.25, 0.3) is 11.0 Å². The normalized spacial score (nSPS) is 10.8. The Morgan fingerprint density at radius 3 is 2.79 bits per heavy atom. The topological polar surface area (TPSA) is 45.8 Å². The molecule has 1 N–H and O–H groups in total. The van der Waals surface area contributed by atoms with Gasteiger partial charge in [-0.05, 0) is 19.9 Å². The maximum atomic E-state index is 13.5. The van der Waals surface area contributed by atoms with Crippen LogP contribution in [-0.2, 0) is 0 Å². The monoisotopic (exact) mass is 192 g/mol. The Balaban J connectivity index is 2.97. The summed E-state index contributed by atoms with van der Waals surface area (Å²) in [7, 11) is 0. The van der Waals surface area contributed by atoms with Crippen molar-refractivity contribution in [3.8, 4) is 0 Å². The molecule has 2 rings (SSSR count). The number of fused-ring (bicyclic) bond motifs is 1. The smallest absolute Gasteiger partial charge is 0.252 e. The molecule has 0 fully saturated rings. The third kappa shape index (κ3) is 1.19. The molecule has 0 aliphatic rings. The van der Waals surface area contributed by atoms with E-state index in [1.807, 2.05) is 0 Å². The molecule has 0 radical (unpaired) electrons. The zero-order chi connectivity index (χ0) is 10.3. The van der Waals surface area contributed by atoms with Gasteiger partial charge < -0.3 is 4.98 Å². The zero-order valence-corrected chi connectivity index (χ0v) is 7.89. The molecule has 4 heteroatoms. The maximum Gasteiger partial charge on any atom is 0.252 e. The van der Waals surface area contributed by atoms with E-state index < -0.39 is 0 Å². The fraction of sp³-hybridized carbons (Fsp3) is 0.200. The minimum absolute atomic E-state index is 0.228. The lowest BCUT2D eigenvalue weighted by molar-refractivity contribution is 0.628. The Hall–Kier alpha value is -1.71. The summed E-state index contributed by atoms with van der Waals surface area (Å²) < 4.78 is 13.5. The van der Waals surface area contributed by atoms with Gasteiger partial charge in [0.15, 0.2) is 0 Å². The van der Waals surface area contributed by atoms with Gasteiger partial charge in [-0.15, -0.1) is 0 Å². The lowest BCUT2D eigenvalue weighted by Crippen LogP contribution is -2.10. The van der Waals surface area contributed by atoms with E-state index in [0.29, 0.717) is 22.2 Å². The van der Waals surface area contributed by atoms with Crippen LogP contribution in [-0.4, -0.2) is 9.97 Å². The first-order valence-electron chi connectivity index (χ1n) is 4.24. The number of pyridine rings is 2. The first-order valence-corrected chi connectivity index (χ1v) is 4.24. The average molecular weight is 192 g/mol. The van der Waals surface area contributed by atoms with Gasteiger partial charge in [0.1, 0.15) is 11.5 Å². The molecule has 72 valence electrons. The fourth-order valence-corrected chi connectivity index (χ4v) is 1.32. The van der Waals surface area contributed by atoms with Crippen LogP contribution in [0.3, 0.4) is 0 Å². The molecular weight excluding hydrogens is 183 g/mol. The predicted octanol–water partition coefficient (Wildman–Crippen LogP) is 1.68. The molecule has 2 aromatic heterocycles. The molecule has 0 unspecified atom stereocenters. The van der Waals surface area contributed by atoms with Gasteiger partial charge in [-0.1, -0.05) is 0 Å². The van der Waals surface area contributed by atoms with Gasteiger partial charge in [-0.2, -0.15) is 0 Å². The molecular formula is C10H9FN2O. The molecule has 14 heavy (non-hydrogen) atoms. The molecule has 0 bridgehead atoms. The summed E-state index contributed by atoms with van der Waals surface area (Å²) in [5.74, 6) is -0.325. The molecule has 0 atom stereocenters. The van der Waals surface area contributed by atoms with Crippen molar-refractivity contribution in [2.75, 3.05) is 0 Å². The van der Waals surface area contributed by atoms with Crippen molar-refractivity contribution in [2.45, 2.75) is 13.8 Å². The van der Waals surface area contributed by atoms with Crippen LogP contribution in [0.5, 0.6) is 0 Å². The van der Waals surface area contributed by atoms with Crippen LogP contribution in [0.4, 0.5) is 4.39 Å². The molecule has 0 saturated carbocycles. The molecule has 2 aromatic rings. The van der Waals surface area contributed by atoms with Gasteiger partial charge in [0.25, 0.3) is 5.56 Å². The first-order chi connectivity index (χ1) is 6.59. The molecule has 2 heterocycles. The molecule has 0 aliphatic heterocycles. The Bertz CT molecular complexity index is 560. The van der Waals surface area contributed by atoms with Gasteiger partial charge in [0.2, 0.25) is 0 Å². The minimum atomic E-state index is -0.325. The zero-order valence-electron chi connectivity index (χ0n) is 7.89. The third-order valence-corrected chi connectivity index (χ3v) is 2.18. The first kappa shape index (κ1) is 8.87. The third-order valence-electron chi connectivity index (χ3n) is 2.18. The van der Waals surface area contributed by atoms with E-state index in [1.165, 1.54) is 12.3 Å². The van der Waals surface area contributed by atoms with Crippen molar-refractivity contribution in [1.29, 1.82) is 0 Å². The van der Waals surface area contributed by atoms with Crippen LogP contribution in [0.2, 0.25) is 0 Å². The van der Waals surface area contributed by atoms with Crippen LogP contribution in [0.15, 0.2) is 17.1 Å². The van der Waals surface area contributed by atoms with E-state index >= 15 is 0 Å². The van der Waals surface area contributed by atoms with Gasteiger partial charge in [-0.25, -0.2) is 9.37 Å². The lowest BCUT2D eigenvalue weighted by Gasteiger charge is -2.01. The van der Waals surface area contributed by atoms with Gasteiger partial charge in [-0.3, -0.25) is 4.79 Å². The Morgan fingerprint density at radius 2 is 2.07 bits per heavy atom. The number of aromatic amines is 1. The summed E-state index contributed by atoms with van der Waals surface area (Å²) in [4.78, 5) is 17.7. The van der Waals surface area contributed by atoms with Gasteiger partial charge >= 0.3 is 0 Å². The molecule has 3 nitrogen and oxygen atoms in total. The highest BCUT2D eigenvalue weighted by molar-refractivity contribution is 5.76. The standard InChI is InChI=1S/C10H9FN2O/c1-5-3-7-8(11)6(2)4-12-9(7)13-10(5)14/h3-4H,1-2H3,(H,12,13,14). The predicted molar refractivity (Wildman–Crippen MR) is 51.8 cm³/mol. The second-order valence-corrected chi connectivity index (χ2v) is 3.30. The number of rotatable bonds is 0. The minimum Gasteiger partial charge on any atom is -0.306 e. The highest BCUT2D eigenvalue weighted by Gasteiger charge is 2.07. The molecule has 0 saturated heterocycles. The summed E-state index contributed by atoms with van der Waals surface area (Å²) in [6.07, 6.45) is 1.41. The van der Waals surface area contributed by atoms with Crippen molar-refractivity contribution < 1.29 is 4.39 Å². The van der Waals surface area contributed by atoms with E-state index in [9.17, 15) is 9.18 Å². The van der Waals surface area contributed by atoms with Crippen LogP contribution >= 0.6 is 0 Å². The number of hydrogen-bond acceptors (Lipinski definition) is 2. The maximum absolute atomic E-state index is 13.5. The van der Waals surface area contributed by atoms with E-state index in [4.69, 9.17) is 0 Å². The molecule has 0 aliphatic carbocycles. The summed E-state index contributed by atoms with van der Waals surface area (Å²) in [5.41, 5.74) is 1.03. The van der Waals surface area contributed by atoms with E-state index in [1.54, 1.807) is 13.8 Å². The van der Waals surface area contributed by atoms with Crippen LogP contribution < -0.4 is 5.56 Å². The number of nitrogens with zero attached hydrogens (tertiary/aromatic N) is 1. The highest BCUT2D eigenvalue weighted by Crippen LogP contribution is 2.15. The summed E-state index contributed by atoms with van der Waals surface area (Å²) in [6, 6.07) is 1.52. The SMILES string of the molecule is Cc1cnc2[nH]c(=O)c(C)cc2c1F. The largest absolute Gasteiger partial charge is 0.306 e. The van der Waals surface area contributed by atoms with Gasteiger partial charge in [0, 0.05) is 17.3 Å². The molecule has 0 amide bonds. The van der Waals surface area contributed by atoms with Crippen molar-refractivity contribution in [3.05, 3.63) is 39.6 Å². The number of H-pyrrole nitrogens is 1. The average Bonchev–Trinajstić information content (AvgIpc) is 2.15. The lowest BCUT2D eigenvalue weighted by atomic mass is 10.2. The summed E-state index contributed by atoms with van der Waals surface area (Å²) in [5, 5.41) is 0.363. The highest BCUT2D eigenvalue weighted by atomic mass is 19.1. The second-order valence-electron chi connectivity index (χ2n) is 3.30. The van der Waals surface area contributed by atoms with Crippen molar-refractivity contribution in [3.63, 3.8) is 0 Å². The quantitative estimate of drug-likeness (QED) is 0.690. The fourth-order valence-electron chi connectivity index (χ4n) is 1.32. The van der Waals surface area contributed by atoms with E-state index in [0.717, 1.165) is 0 Å². The van der Waals surface area contributed by atoms with Crippen LogP contribution in [0.1, 0.15) is 11.1 Å². The second kappa shape index (κ2) is 2.90. The number of hydrogen-bond donors (Lipinski definition) is 1. The van der Waals surface area contributed by atoms with Gasteiger partial charge in [0.05, 0.1) is 5.39 Å². The van der Waals surface area contributed by atoms with E-state index in [-0.39, 0.29) is 11.4 Å². The number of aryl methyl sites for hydroxylation is 2. The number of nitrogens with one attached hydrogen (secondary N) is 1. The van der Waals surface area contributed by atoms with Crippen molar-refractivity contribution >= 4 is 11.0 Å². The van der Waals surface area contributed by atoms with E-state index in [2.05, 4.69) is 9.97 Å². The summed E-state index contributed by atoms with van der Waals surface area (Å²) in [6.45, 7) is 3.28. The Labute approximate surface area is 79.6 Å². The molecule has 0 aromatic carbocycles. The number of aromatic nitrogens is 2. The van der Waals surface area contributed by atoms with Crippen LogP contribution in [0, 0.1) is 19.7 Å². The Kier molecular flexibility index (Phi) is 1.84.